The molecule has 0 fully saturated rings. The summed E-state index contributed by atoms with van der Waals surface area (Å²) >= 11 is 6.10. The number of benzene rings is 3. The maximum absolute atomic E-state index is 13.4. The maximum atomic E-state index is 13.4. The normalized spacial score (nSPS) is 17.5. The summed E-state index contributed by atoms with van der Waals surface area (Å²) in [5.74, 6) is -0.420. The zero-order chi connectivity index (χ0) is 25.0. The smallest absolute Gasteiger partial charge is 0.312 e. The molecule has 0 radical (unpaired) electrons. The highest BCUT2D eigenvalue weighted by Gasteiger charge is 2.39. The van der Waals surface area contributed by atoms with Crippen LogP contribution < -0.4 is 19.6 Å². The van der Waals surface area contributed by atoms with Gasteiger partial charge in [0, 0.05) is 27.6 Å². The number of esters is 1. The lowest BCUT2D eigenvalue weighted by molar-refractivity contribution is -0.135. The Morgan fingerprint density at radius 1 is 1.03 bits per heavy atom. The number of methoxy groups -OCH3 is 1. The molecule has 0 saturated heterocycles. The van der Waals surface area contributed by atoms with Crippen molar-refractivity contribution < 1.29 is 28.2 Å². The SMILES string of the molecule is COc1ccccc1/C=C1\Oc2c(ccc3c2[C@H](c2coc4ccc(Cl)cc4c2=O)CC(=O)O3)C1=O. The molecule has 0 saturated carbocycles. The van der Waals surface area contributed by atoms with E-state index in [0.29, 0.717) is 38.4 Å². The van der Waals surface area contributed by atoms with Gasteiger partial charge in [0.15, 0.2) is 11.2 Å². The molecular formula is C28H17ClO7. The van der Waals surface area contributed by atoms with Crippen molar-refractivity contribution in [1.82, 2.24) is 0 Å². The molecule has 0 bridgehead atoms. The first kappa shape index (κ1) is 22.1. The molecule has 36 heavy (non-hydrogen) atoms. The quantitative estimate of drug-likeness (QED) is 0.208. The molecule has 8 heteroatoms. The van der Waals surface area contributed by atoms with Crippen LogP contribution in [-0.4, -0.2) is 18.9 Å². The van der Waals surface area contributed by atoms with Gasteiger partial charge >= 0.3 is 5.97 Å². The van der Waals surface area contributed by atoms with E-state index >= 15 is 0 Å². The second-order valence-corrected chi connectivity index (χ2v) is 8.86. The Morgan fingerprint density at radius 2 is 1.86 bits per heavy atom. The van der Waals surface area contributed by atoms with Crippen molar-refractivity contribution in [2.75, 3.05) is 7.11 Å². The molecule has 7 nitrogen and oxygen atoms in total. The number of allylic oxidation sites excluding steroid dienone is 1. The first-order chi connectivity index (χ1) is 17.4. The van der Waals surface area contributed by atoms with Gasteiger partial charge in [-0.15, -0.1) is 0 Å². The van der Waals surface area contributed by atoms with Crippen LogP contribution in [0, 0.1) is 0 Å². The molecule has 3 aromatic carbocycles. The van der Waals surface area contributed by atoms with Crippen molar-refractivity contribution in [1.29, 1.82) is 0 Å². The summed E-state index contributed by atoms with van der Waals surface area (Å²) in [4.78, 5) is 39.1. The largest absolute Gasteiger partial charge is 0.496 e. The van der Waals surface area contributed by atoms with Gasteiger partial charge in [-0.1, -0.05) is 29.8 Å². The monoisotopic (exact) mass is 500 g/mol. The summed E-state index contributed by atoms with van der Waals surface area (Å²) in [6, 6.07) is 15.1. The number of hydrogen-bond donors (Lipinski definition) is 0. The summed E-state index contributed by atoms with van der Waals surface area (Å²) < 4.78 is 22.6. The molecule has 4 aromatic rings. The van der Waals surface area contributed by atoms with E-state index in [0.717, 1.165) is 0 Å². The number of rotatable bonds is 3. The van der Waals surface area contributed by atoms with Crippen LogP contribution in [0.4, 0.5) is 0 Å². The van der Waals surface area contributed by atoms with E-state index in [9.17, 15) is 14.4 Å². The summed E-state index contributed by atoms with van der Waals surface area (Å²) in [6.07, 6.45) is 2.82. The van der Waals surface area contributed by atoms with E-state index in [1.807, 2.05) is 12.1 Å². The fourth-order valence-corrected chi connectivity index (χ4v) is 4.83. The maximum Gasteiger partial charge on any atom is 0.312 e. The molecule has 0 aliphatic carbocycles. The molecule has 0 amide bonds. The van der Waals surface area contributed by atoms with Crippen LogP contribution in [0.5, 0.6) is 17.2 Å². The van der Waals surface area contributed by atoms with Gasteiger partial charge in [-0.25, -0.2) is 0 Å². The Labute approximate surface area is 209 Å². The zero-order valence-corrected chi connectivity index (χ0v) is 19.6. The van der Waals surface area contributed by atoms with Crippen molar-refractivity contribution >= 4 is 40.4 Å². The van der Waals surface area contributed by atoms with Crippen LogP contribution in [0.2, 0.25) is 5.02 Å². The average Bonchev–Trinajstić information content (AvgIpc) is 3.19. The summed E-state index contributed by atoms with van der Waals surface area (Å²) in [6.45, 7) is 0. The highest BCUT2D eigenvalue weighted by atomic mass is 35.5. The molecule has 1 atom stereocenters. The number of carbonyl (C=O) groups excluding carboxylic acids is 2. The lowest BCUT2D eigenvalue weighted by atomic mass is 9.85. The fourth-order valence-electron chi connectivity index (χ4n) is 4.66. The topological polar surface area (TPSA) is 92.0 Å². The number of ketones is 1. The highest BCUT2D eigenvalue weighted by molar-refractivity contribution is 6.31. The minimum absolute atomic E-state index is 0.0934. The Hall–Kier alpha value is -4.36. The number of carbonyl (C=O) groups is 2. The number of hydrogen-bond acceptors (Lipinski definition) is 7. The summed E-state index contributed by atoms with van der Waals surface area (Å²) in [5, 5.41) is 0.679. The lowest BCUT2D eigenvalue weighted by Crippen LogP contribution is -2.25. The third-order valence-electron chi connectivity index (χ3n) is 6.34. The van der Waals surface area contributed by atoms with Crippen LogP contribution >= 0.6 is 11.6 Å². The van der Waals surface area contributed by atoms with E-state index in [4.69, 9.17) is 30.2 Å². The zero-order valence-electron chi connectivity index (χ0n) is 18.9. The van der Waals surface area contributed by atoms with Gasteiger partial charge < -0.3 is 18.6 Å². The van der Waals surface area contributed by atoms with Crippen LogP contribution in [0.1, 0.15) is 39.4 Å². The first-order valence-electron chi connectivity index (χ1n) is 11.1. The van der Waals surface area contributed by atoms with E-state index in [1.54, 1.807) is 49.6 Å². The van der Waals surface area contributed by atoms with Crippen LogP contribution in [0.3, 0.4) is 0 Å². The molecule has 2 aliphatic rings. The average molecular weight is 501 g/mol. The van der Waals surface area contributed by atoms with Gasteiger partial charge in [-0.2, -0.15) is 0 Å². The Bertz CT molecular complexity index is 1680. The molecule has 2 aliphatic heterocycles. The number of halogens is 1. The van der Waals surface area contributed by atoms with Gasteiger partial charge in [0.25, 0.3) is 0 Å². The van der Waals surface area contributed by atoms with Crippen molar-refractivity contribution in [3.05, 3.63) is 104 Å². The predicted octanol–water partition coefficient (Wildman–Crippen LogP) is 5.51. The molecule has 0 spiro atoms. The third kappa shape index (κ3) is 3.48. The van der Waals surface area contributed by atoms with Crippen LogP contribution in [0.15, 0.2) is 75.8 Å². The first-order valence-corrected chi connectivity index (χ1v) is 11.5. The number of Topliss-reactive ketones (excluding diaryl/α,β-unsaturated/α-hetero) is 1. The van der Waals surface area contributed by atoms with Crippen molar-refractivity contribution in [2.45, 2.75) is 12.3 Å². The minimum Gasteiger partial charge on any atom is -0.496 e. The van der Waals surface area contributed by atoms with E-state index in [1.165, 1.54) is 12.3 Å². The molecule has 1 aromatic heterocycles. The van der Waals surface area contributed by atoms with Gasteiger partial charge in [0.1, 0.15) is 22.8 Å². The van der Waals surface area contributed by atoms with E-state index < -0.39 is 11.9 Å². The molecule has 0 unspecified atom stereocenters. The second kappa shape index (κ2) is 8.39. The van der Waals surface area contributed by atoms with Gasteiger partial charge in [0.05, 0.1) is 30.7 Å². The Morgan fingerprint density at radius 3 is 2.69 bits per heavy atom. The lowest BCUT2D eigenvalue weighted by Gasteiger charge is -2.25. The number of fused-ring (bicyclic) bond motifs is 4. The fraction of sp³-hybridized carbons (Fsp3) is 0.107. The van der Waals surface area contributed by atoms with Crippen molar-refractivity contribution in [3.63, 3.8) is 0 Å². The molecule has 6 rings (SSSR count). The van der Waals surface area contributed by atoms with E-state index in [2.05, 4.69) is 0 Å². The van der Waals surface area contributed by atoms with Gasteiger partial charge in [-0.05, 0) is 42.5 Å². The van der Waals surface area contributed by atoms with Crippen molar-refractivity contribution in [2.24, 2.45) is 0 Å². The molecule has 178 valence electrons. The molecular weight excluding hydrogens is 484 g/mol. The minimum atomic E-state index is -0.741. The van der Waals surface area contributed by atoms with Crippen LogP contribution in [-0.2, 0) is 4.79 Å². The Kier molecular flexibility index (Phi) is 5.16. The third-order valence-corrected chi connectivity index (χ3v) is 6.58. The molecule has 3 heterocycles. The second-order valence-electron chi connectivity index (χ2n) is 8.43. The standard InChI is InChI=1S/C28H17ClO7/c1-33-20-5-3-2-4-14(20)10-23-27(32)16-7-9-22-25(28(16)36-23)17(12-24(30)35-22)19-13-34-21-8-6-15(29)11-18(21)26(19)31/h2-11,13,17H,12H2,1H3/b23-10-/t17-/m0/s1. The molecule has 0 N–H and O–H groups in total. The Balaban J connectivity index is 1.51. The summed E-state index contributed by atoms with van der Waals surface area (Å²) in [7, 11) is 1.54. The van der Waals surface area contributed by atoms with E-state index in [-0.39, 0.29) is 40.5 Å². The number of para-hydroxylation sites is 1. The highest BCUT2D eigenvalue weighted by Crippen LogP contribution is 2.48. The number of ether oxygens (including phenoxy) is 3. The van der Waals surface area contributed by atoms with Gasteiger partial charge in [-0.3, -0.25) is 14.4 Å². The van der Waals surface area contributed by atoms with Crippen LogP contribution in [0.25, 0.3) is 17.0 Å². The van der Waals surface area contributed by atoms with Gasteiger partial charge in [0.2, 0.25) is 5.78 Å². The predicted molar refractivity (Wildman–Crippen MR) is 132 cm³/mol. The summed E-state index contributed by atoms with van der Waals surface area (Å²) in [5.41, 5.74) is 1.72. The van der Waals surface area contributed by atoms with Crippen molar-refractivity contribution in [3.8, 4) is 17.2 Å².